The molecule has 0 aromatic heterocycles. The topological polar surface area (TPSA) is 77.8 Å². The summed E-state index contributed by atoms with van der Waals surface area (Å²) in [4.78, 5) is 22.7. The van der Waals surface area contributed by atoms with Gasteiger partial charge in [-0.05, 0) is 29.7 Å². The van der Waals surface area contributed by atoms with Crippen molar-refractivity contribution in [1.29, 1.82) is 0 Å². The van der Waals surface area contributed by atoms with Crippen molar-refractivity contribution in [1.82, 2.24) is 4.90 Å². The third-order valence-electron chi connectivity index (χ3n) is 3.40. The molecule has 1 heterocycles. The number of aromatic carboxylic acids is 1. The van der Waals surface area contributed by atoms with E-state index in [1.807, 2.05) is 0 Å². The summed E-state index contributed by atoms with van der Waals surface area (Å²) in [7, 11) is 0. The van der Waals surface area contributed by atoms with Crippen LogP contribution in [-0.4, -0.2) is 40.3 Å². The molecule has 1 aliphatic rings. The number of halogens is 3. The molecule has 2 rings (SSSR count). The van der Waals surface area contributed by atoms with Gasteiger partial charge in [-0.15, -0.1) is 0 Å². The zero-order valence-corrected chi connectivity index (χ0v) is 11.2. The summed E-state index contributed by atoms with van der Waals surface area (Å²) in [5.74, 6) is -1.44. The Kier molecular flexibility index (Phi) is 4.11. The first kappa shape index (κ1) is 15.9. The van der Waals surface area contributed by atoms with Gasteiger partial charge in [-0.1, -0.05) is 12.1 Å². The van der Waals surface area contributed by atoms with Gasteiger partial charge in [0.2, 0.25) is 0 Å². The third-order valence-corrected chi connectivity index (χ3v) is 3.40. The third kappa shape index (κ3) is 3.21. The lowest BCUT2D eigenvalue weighted by atomic mass is 9.93. The van der Waals surface area contributed by atoms with Gasteiger partial charge >= 0.3 is 18.2 Å². The fraction of sp³-hybridized carbons (Fsp3) is 0.286. The van der Waals surface area contributed by atoms with Crippen LogP contribution < -0.4 is 0 Å². The van der Waals surface area contributed by atoms with Crippen LogP contribution in [0.2, 0.25) is 0 Å². The minimum atomic E-state index is -4.69. The van der Waals surface area contributed by atoms with Gasteiger partial charge in [-0.25, -0.2) is 9.59 Å². The molecular formula is C14H12F3NO4. The van der Waals surface area contributed by atoms with Crippen molar-refractivity contribution in [3.63, 3.8) is 0 Å². The van der Waals surface area contributed by atoms with Gasteiger partial charge in [0.1, 0.15) is 0 Å². The van der Waals surface area contributed by atoms with E-state index in [4.69, 9.17) is 10.2 Å². The van der Waals surface area contributed by atoms with Crippen LogP contribution in [0, 0.1) is 0 Å². The fourth-order valence-electron chi connectivity index (χ4n) is 2.28. The molecule has 0 saturated carbocycles. The second-order valence-electron chi connectivity index (χ2n) is 4.77. The van der Waals surface area contributed by atoms with Crippen LogP contribution in [0.25, 0.3) is 5.57 Å². The highest BCUT2D eigenvalue weighted by Crippen LogP contribution is 2.37. The number of carboxylic acids is 1. The first-order valence-electron chi connectivity index (χ1n) is 6.32. The van der Waals surface area contributed by atoms with Gasteiger partial charge in [-0.2, -0.15) is 13.2 Å². The molecule has 0 bridgehead atoms. The molecule has 1 aliphatic heterocycles. The maximum atomic E-state index is 13.1. The largest absolute Gasteiger partial charge is 0.478 e. The highest BCUT2D eigenvalue weighted by Gasteiger charge is 2.35. The number of hydrogen-bond donors (Lipinski definition) is 2. The Bertz CT molecular complexity index is 652. The van der Waals surface area contributed by atoms with E-state index in [-0.39, 0.29) is 25.1 Å². The molecule has 0 saturated heterocycles. The second kappa shape index (κ2) is 5.70. The van der Waals surface area contributed by atoms with Crippen LogP contribution in [-0.2, 0) is 6.18 Å². The Morgan fingerprint density at radius 3 is 2.32 bits per heavy atom. The SMILES string of the molecule is O=C(O)c1ccc(C2=CCN(C(=O)O)CC2)c(C(F)(F)F)c1. The van der Waals surface area contributed by atoms with Crippen molar-refractivity contribution in [2.45, 2.75) is 12.6 Å². The summed E-state index contributed by atoms with van der Waals surface area (Å²) in [5.41, 5.74) is -1.22. The van der Waals surface area contributed by atoms with Crippen molar-refractivity contribution in [3.8, 4) is 0 Å². The summed E-state index contributed by atoms with van der Waals surface area (Å²) >= 11 is 0. The number of carbonyl (C=O) groups is 2. The molecule has 0 atom stereocenters. The lowest BCUT2D eigenvalue weighted by Gasteiger charge is -2.25. The Labute approximate surface area is 123 Å². The molecule has 1 aromatic carbocycles. The van der Waals surface area contributed by atoms with E-state index in [2.05, 4.69) is 0 Å². The van der Waals surface area contributed by atoms with E-state index in [1.54, 1.807) is 0 Å². The number of carboxylic acid groups (broad SMARTS) is 2. The minimum absolute atomic E-state index is 0.00262. The molecule has 2 N–H and O–H groups in total. The maximum absolute atomic E-state index is 13.1. The van der Waals surface area contributed by atoms with E-state index in [1.165, 1.54) is 6.08 Å². The quantitative estimate of drug-likeness (QED) is 0.878. The molecule has 8 heteroatoms. The molecule has 0 unspecified atom stereocenters. The lowest BCUT2D eigenvalue weighted by Crippen LogP contribution is -2.33. The average Bonchev–Trinajstić information content (AvgIpc) is 2.45. The number of nitrogens with zero attached hydrogens (tertiary/aromatic N) is 1. The van der Waals surface area contributed by atoms with Crippen molar-refractivity contribution in [2.24, 2.45) is 0 Å². The van der Waals surface area contributed by atoms with Crippen LogP contribution in [0.5, 0.6) is 0 Å². The van der Waals surface area contributed by atoms with E-state index in [0.29, 0.717) is 11.6 Å². The van der Waals surface area contributed by atoms with Gasteiger partial charge in [0.15, 0.2) is 0 Å². The van der Waals surface area contributed by atoms with Crippen LogP contribution in [0.15, 0.2) is 24.3 Å². The lowest BCUT2D eigenvalue weighted by molar-refractivity contribution is -0.137. The Morgan fingerprint density at radius 2 is 1.86 bits per heavy atom. The minimum Gasteiger partial charge on any atom is -0.478 e. The first-order chi connectivity index (χ1) is 10.2. The van der Waals surface area contributed by atoms with Crippen LogP contribution >= 0.6 is 0 Å². The summed E-state index contributed by atoms with van der Waals surface area (Å²) in [6.45, 7) is 0.0990. The predicted octanol–water partition coefficient (Wildman–Crippen LogP) is 3.17. The van der Waals surface area contributed by atoms with Gasteiger partial charge in [-0.3, -0.25) is 0 Å². The van der Waals surface area contributed by atoms with Crippen molar-refractivity contribution in [2.75, 3.05) is 13.1 Å². The molecule has 0 aliphatic carbocycles. The van der Waals surface area contributed by atoms with Crippen molar-refractivity contribution < 1.29 is 33.0 Å². The van der Waals surface area contributed by atoms with Crippen molar-refractivity contribution >= 4 is 17.6 Å². The van der Waals surface area contributed by atoms with Crippen LogP contribution in [0.4, 0.5) is 18.0 Å². The standard InChI is InChI=1S/C14H12F3NO4/c15-14(16,17)11-7-9(12(19)20)1-2-10(11)8-3-5-18(6-4-8)13(21)22/h1-3,7H,4-6H2,(H,19,20)(H,21,22). The molecule has 22 heavy (non-hydrogen) atoms. The van der Waals surface area contributed by atoms with Gasteiger partial charge in [0, 0.05) is 13.1 Å². The molecule has 5 nitrogen and oxygen atoms in total. The highest BCUT2D eigenvalue weighted by atomic mass is 19.4. The summed E-state index contributed by atoms with van der Waals surface area (Å²) in [5, 5.41) is 17.6. The number of alkyl halides is 3. The number of benzene rings is 1. The normalized spacial score (nSPS) is 15.4. The van der Waals surface area contributed by atoms with Crippen LogP contribution in [0.3, 0.4) is 0 Å². The molecule has 1 amide bonds. The van der Waals surface area contributed by atoms with E-state index < -0.39 is 29.4 Å². The second-order valence-corrected chi connectivity index (χ2v) is 4.77. The molecule has 118 valence electrons. The van der Waals surface area contributed by atoms with E-state index in [9.17, 15) is 22.8 Å². The van der Waals surface area contributed by atoms with Crippen LogP contribution in [0.1, 0.15) is 27.9 Å². The zero-order valence-electron chi connectivity index (χ0n) is 11.2. The maximum Gasteiger partial charge on any atom is 0.417 e. The van der Waals surface area contributed by atoms with E-state index >= 15 is 0 Å². The molecular weight excluding hydrogens is 303 g/mol. The molecule has 1 aromatic rings. The van der Waals surface area contributed by atoms with Crippen molar-refractivity contribution in [3.05, 3.63) is 41.0 Å². The van der Waals surface area contributed by atoms with E-state index in [0.717, 1.165) is 17.0 Å². The Morgan fingerprint density at radius 1 is 1.18 bits per heavy atom. The molecule has 0 fully saturated rings. The smallest absolute Gasteiger partial charge is 0.417 e. The number of rotatable bonds is 2. The predicted molar refractivity (Wildman–Crippen MR) is 70.6 cm³/mol. The highest BCUT2D eigenvalue weighted by molar-refractivity contribution is 5.89. The van der Waals surface area contributed by atoms with Gasteiger partial charge in [0.25, 0.3) is 0 Å². The Balaban J connectivity index is 2.43. The summed E-state index contributed by atoms with van der Waals surface area (Å²) < 4.78 is 39.4. The monoisotopic (exact) mass is 315 g/mol. The van der Waals surface area contributed by atoms with Gasteiger partial charge < -0.3 is 15.1 Å². The molecule has 0 radical (unpaired) electrons. The summed E-state index contributed by atoms with van der Waals surface area (Å²) in [6, 6.07) is 2.83. The number of amides is 1. The zero-order chi connectivity index (χ0) is 16.5. The Hall–Kier alpha value is -2.51. The molecule has 0 spiro atoms. The summed E-state index contributed by atoms with van der Waals surface area (Å²) in [6.07, 6.45) is -4.26. The first-order valence-corrected chi connectivity index (χ1v) is 6.32. The van der Waals surface area contributed by atoms with Gasteiger partial charge in [0.05, 0.1) is 11.1 Å². The number of hydrogen-bond acceptors (Lipinski definition) is 2. The average molecular weight is 315 g/mol. The fourth-order valence-corrected chi connectivity index (χ4v) is 2.28.